The molecule has 18 heavy (non-hydrogen) atoms. The molecule has 0 aromatic heterocycles. The Morgan fingerprint density at radius 3 is 2.11 bits per heavy atom. The lowest BCUT2D eigenvalue weighted by Crippen LogP contribution is -2.41. The predicted octanol–water partition coefficient (Wildman–Crippen LogP) is 3.52. The monoisotopic (exact) mass is 248 g/mol. The van der Waals surface area contributed by atoms with E-state index < -0.39 is 0 Å². The van der Waals surface area contributed by atoms with Crippen molar-refractivity contribution in [3.05, 3.63) is 29.3 Å². The molecule has 0 saturated heterocycles. The van der Waals surface area contributed by atoms with E-state index in [2.05, 4.69) is 70.1 Å². The molecule has 1 atom stereocenters. The minimum Gasteiger partial charge on any atom is -0.370 e. The summed E-state index contributed by atoms with van der Waals surface area (Å²) >= 11 is 0. The molecule has 0 bridgehead atoms. The zero-order valence-corrected chi connectivity index (χ0v) is 12.7. The number of likely N-dealkylation sites (N-methyl/N-ethyl adjacent to an activating group) is 1. The number of anilines is 1. The van der Waals surface area contributed by atoms with Crippen molar-refractivity contribution in [2.24, 2.45) is 0 Å². The maximum atomic E-state index is 3.53. The van der Waals surface area contributed by atoms with Crippen LogP contribution in [0, 0.1) is 13.8 Å². The van der Waals surface area contributed by atoms with E-state index in [1.165, 1.54) is 16.8 Å². The third-order valence-electron chi connectivity index (χ3n) is 3.39. The Morgan fingerprint density at radius 1 is 1.11 bits per heavy atom. The van der Waals surface area contributed by atoms with Crippen molar-refractivity contribution in [1.82, 2.24) is 5.32 Å². The molecule has 2 heteroatoms. The van der Waals surface area contributed by atoms with Crippen molar-refractivity contribution in [3.63, 3.8) is 0 Å². The molecule has 0 aliphatic heterocycles. The van der Waals surface area contributed by atoms with Gasteiger partial charge < -0.3 is 10.2 Å². The standard InChI is InChI=1S/C16H28N2/c1-7-15(11-17-12(2)3)18(6)16-9-13(4)8-14(5)10-16/h8-10,12,15,17H,7,11H2,1-6H3. The summed E-state index contributed by atoms with van der Waals surface area (Å²) in [6.07, 6.45) is 1.16. The summed E-state index contributed by atoms with van der Waals surface area (Å²) in [7, 11) is 2.20. The summed E-state index contributed by atoms with van der Waals surface area (Å²) in [5.41, 5.74) is 4.00. The van der Waals surface area contributed by atoms with Gasteiger partial charge in [0.25, 0.3) is 0 Å². The van der Waals surface area contributed by atoms with Gasteiger partial charge in [0.05, 0.1) is 0 Å². The highest BCUT2D eigenvalue weighted by molar-refractivity contribution is 5.51. The Bertz CT molecular complexity index is 351. The molecular weight excluding hydrogens is 220 g/mol. The van der Waals surface area contributed by atoms with E-state index in [1.54, 1.807) is 0 Å². The first-order chi connectivity index (χ1) is 8.43. The summed E-state index contributed by atoms with van der Waals surface area (Å²) in [5.74, 6) is 0. The highest BCUT2D eigenvalue weighted by atomic mass is 15.2. The normalized spacial score (nSPS) is 12.8. The summed E-state index contributed by atoms with van der Waals surface area (Å²) < 4.78 is 0. The van der Waals surface area contributed by atoms with Crippen molar-refractivity contribution in [2.45, 2.75) is 53.1 Å². The van der Waals surface area contributed by atoms with Crippen LogP contribution in [0.25, 0.3) is 0 Å². The van der Waals surface area contributed by atoms with Crippen molar-refractivity contribution in [2.75, 3.05) is 18.5 Å². The van der Waals surface area contributed by atoms with Crippen LogP contribution >= 0.6 is 0 Å². The lowest BCUT2D eigenvalue weighted by molar-refractivity contribution is 0.502. The zero-order valence-electron chi connectivity index (χ0n) is 12.7. The van der Waals surface area contributed by atoms with E-state index in [0.29, 0.717) is 12.1 Å². The second-order valence-corrected chi connectivity index (χ2v) is 5.58. The van der Waals surface area contributed by atoms with Crippen LogP contribution < -0.4 is 10.2 Å². The molecule has 0 aliphatic rings. The molecule has 102 valence electrons. The SMILES string of the molecule is CCC(CNC(C)C)N(C)c1cc(C)cc(C)c1. The molecule has 0 spiro atoms. The van der Waals surface area contributed by atoms with Crippen LogP contribution in [0.3, 0.4) is 0 Å². The van der Waals surface area contributed by atoms with Crippen molar-refractivity contribution in [3.8, 4) is 0 Å². The maximum absolute atomic E-state index is 3.53. The third kappa shape index (κ3) is 4.34. The Labute approximate surface area is 112 Å². The van der Waals surface area contributed by atoms with Gasteiger partial charge in [0.15, 0.2) is 0 Å². The quantitative estimate of drug-likeness (QED) is 0.828. The van der Waals surface area contributed by atoms with E-state index in [4.69, 9.17) is 0 Å². The Balaban J connectivity index is 2.78. The highest BCUT2D eigenvalue weighted by Gasteiger charge is 2.14. The fraction of sp³-hybridized carbons (Fsp3) is 0.625. The van der Waals surface area contributed by atoms with E-state index >= 15 is 0 Å². The van der Waals surface area contributed by atoms with Gasteiger partial charge in [0.2, 0.25) is 0 Å². The van der Waals surface area contributed by atoms with Gasteiger partial charge in [-0.05, 0) is 43.5 Å². The number of rotatable bonds is 6. The molecule has 0 saturated carbocycles. The zero-order chi connectivity index (χ0) is 13.7. The maximum Gasteiger partial charge on any atom is 0.0408 e. The number of nitrogens with one attached hydrogen (secondary N) is 1. The fourth-order valence-corrected chi connectivity index (χ4v) is 2.29. The van der Waals surface area contributed by atoms with E-state index in [-0.39, 0.29) is 0 Å². The summed E-state index contributed by atoms with van der Waals surface area (Å²) in [4.78, 5) is 2.40. The predicted molar refractivity (Wildman–Crippen MR) is 81.5 cm³/mol. The minimum absolute atomic E-state index is 0.548. The van der Waals surface area contributed by atoms with Gasteiger partial charge in [-0.3, -0.25) is 0 Å². The molecule has 1 N–H and O–H groups in total. The molecule has 0 heterocycles. The fourth-order valence-electron chi connectivity index (χ4n) is 2.29. The van der Waals surface area contributed by atoms with E-state index in [9.17, 15) is 0 Å². The molecule has 0 radical (unpaired) electrons. The van der Waals surface area contributed by atoms with Crippen LogP contribution in [0.2, 0.25) is 0 Å². The topological polar surface area (TPSA) is 15.3 Å². The molecule has 0 aliphatic carbocycles. The summed E-state index contributed by atoms with van der Waals surface area (Å²) in [5, 5.41) is 3.53. The van der Waals surface area contributed by atoms with Crippen LogP contribution in [0.1, 0.15) is 38.3 Å². The van der Waals surface area contributed by atoms with Crippen LogP contribution in [-0.4, -0.2) is 25.7 Å². The van der Waals surface area contributed by atoms with Crippen molar-refractivity contribution < 1.29 is 0 Å². The lowest BCUT2D eigenvalue weighted by atomic mass is 10.1. The van der Waals surface area contributed by atoms with Gasteiger partial charge in [-0.2, -0.15) is 0 Å². The second-order valence-electron chi connectivity index (χ2n) is 5.58. The molecule has 1 unspecified atom stereocenters. The van der Waals surface area contributed by atoms with E-state index in [0.717, 1.165) is 13.0 Å². The molecule has 0 amide bonds. The van der Waals surface area contributed by atoms with E-state index in [1.807, 2.05) is 0 Å². The van der Waals surface area contributed by atoms with Crippen LogP contribution in [0.15, 0.2) is 18.2 Å². The molecule has 1 rings (SSSR count). The first kappa shape index (κ1) is 15.0. The van der Waals surface area contributed by atoms with Gasteiger partial charge >= 0.3 is 0 Å². The van der Waals surface area contributed by atoms with Crippen molar-refractivity contribution >= 4 is 5.69 Å². The number of benzene rings is 1. The average molecular weight is 248 g/mol. The first-order valence-corrected chi connectivity index (χ1v) is 6.98. The number of nitrogens with zero attached hydrogens (tertiary/aromatic N) is 1. The number of hydrogen-bond acceptors (Lipinski definition) is 2. The minimum atomic E-state index is 0.548. The molecule has 1 aromatic carbocycles. The largest absolute Gasteiger partial charge is 0.370 e. The van der Waals surface area contributed by atoms with Crippen molar-refractivity contribution in [1.29, 1.82) is 0 Å². The number of aryl methyl sites for hydroxylation is 2. The van der Waals surface area contributed by atoms with Crippen LogP contribution in [0.5, 0.6) is 0 Å². The average Bonchev–Trinajstić information content (AvgIpc) is 2.27. The van der Waals surface area contributed by atoms with Gasteiger partial charge in [0.1, 0.15) is 0 Å². The van der Waals surface area contributed by atoms with Gasteiger partial charge in [-0.25, -0.2) is 0 Å². The molecule has 1 aromatic rings. The Kier molecular flexibility index (Phi) is 5.67. The van der Waals surface area contributed by atoms with Gasteiger partial charge in [0, 0.05) is 31.4 Å². The highest BCUT2D eigenvalue weighted by Crippen LogP contribution is 2.20. The smallest absolute Gasteiger partial charge is 0.0408 e. The third-order valence-corrected chi connectivity index (χ3v) is 3.39. The Morgan fingerprint density at radius 2 is 1.67 bits per heavy atom. The van der Waals surface area contributed by atoms with Gasteiger partial charge in [-0.15, -0.1) is 0 Å². The molecule has 2 nitrogen and oxygen atoms in total. The second kappa shape index (κ2) is 6.79. The Hall–Kier alpha value is -1.02. The van der Waals surface area contributed by atoms with Crippen LogP contribution in [-0.2, 0) is 0 Å². The summed E-state index contributed by atoms with van der Waals surface area (Å²) in [6, 6.07) is 7.86. The summed E-state index contributed by atoms with van der Waals surface area (Å²) in [6.45, 7) is 12.0. The van der Waals surface area contributed by atoms with Crippen LogP contribution in [0.4, 0.5) is 5.69 Å². The van der Waals surface area contributed by atoms with Gasteiger partial charge in [-0.1, -0.05) is 26.8 Å². The number of hydrogen-bond donors (Lipinski definition) is 1. The molecular formula is C16H28N2. The molecule has 0 fully saturated rings. The lowest BCUT2D eigenvalue weighted by Gasteiger charge is -2.31. The first-order valence-electron chi connectivity index (χ1n) is 6.98.